The molecule has 0 aromatic carbocycles. The van der Waals surface area contributed by atoms with E-state index in [0.717, 1.165) is 45.3 Å². The molecule has 21 heavy (non-hydrogen) atoms. The number of carbonyl (C=O) groups excluding carboxylic acids is 2. The first-order chi connectivity index (χ1) is 10.1. The molecular formula is C16H29N3O2. The van der Waals surface area contributed by atoms with E-state index in [-0.39, 0.29) is 23.8 Å². The number of carbonyl (C=O) groups is 2. The van der Waals surface area contributed by atoms with E-state index in [1.54, 1.807) is 0 Å². The van der Waals surface area contributed by atoms with E-state index in [1.807, 2.05) is 6.92 Å². The van der Waals surface area contributed by atoms with Crippen molar-refractivity contribution >= 4 is 11.8 Å². The molecule has 0 aromatic rings. The van der Waals surface area contributed by atoms with Gasteiger partial charge < -0.3 is 11.1 Å². The lowest BCUT2D eigenvalue weighted by molar-refractivity contribution is -0.126. The van der Waals surface area contributed by atoms with E-state index in [4.69, 9.17) is 5.73 Å². The molecule has 0 radical (unpaired) electrons. The van der Waals surface area contributed by atoms with Crippen LogP contribution in [-0.2, 0) is 9.59 Å². The SMILES string of the molecule is CC(C(N)=O)N1CCC(CNC(=O)C2CCCCC2)CC1. The van der Waals surface area contributed by atoms with Crippen LogP contribution in [0.25, 0.3) is 0 Å². The molecule has 0 spiro atoms. The first-order valence-electron chi connectivity index (χ1n) is 8.39. The Labute approximate surface area is 127 Å². The molecule has 5 heteroatoms. The molecule has 1 saturated carbocycles. The van der Waals surface area contributed by atoms with Gasteiger partial charge in [-0.25, -0.2) is 0 Å². The minimum atomic E-state index is -0.251. The Kier molecular flexibility index (Phi) is 6.03. The van der Waals surface area contributed by atoms with Crippen molar-refractivity contribution in [2.75, 3.05) is 19.6 Å². The second-order valence-electron chi connectivity index (χ2n) is 6.64. The summed E-state index contributed by atoms with van der Waals surface area (Å²) < 4.78 is 0. The van der Waals surface area contributed by atoms with Crippen LogP contribution in [0.4, 0.5) is 0 Å². The van der Waals surface area contributed by atoms with Gasteiger partial charge in [-0.1, -0.05) is 19.3 Å². The van der Waals surface area contributed by atoms with Gasteiger partial charge in [0.25, 0.3) is 0 Å². The number of rotatable bonds is 5. The highest BCUT2D eigenvalue weighted by molar-refractivity contribution is 5.79. The van der Waals surface area contributed by atoms with Crippen LogP contribution < -0.4 is 11.1 Å². The summed E-state index contributed by atoms with van der Waals surface area (Å²) in [6.45, 7) is 4.45. The summed E-state index contributed by atoms with van der Waals surface area (Å²) in [5, 5.41) is 3.14. The second-order valence-corrected chi connectivity index (χ2v) is 6.64. The largest absolute Gasteiger partial charge is 0.368 e. The van der Waals surface area contributed by atoms with Crippen LogP contribution in [0, 0.1) is 11.8 Å². The molecule has 120 valence electrons. The van der Waals surface area contributed by atoms with Gasteiger partial charge in [-0.05, 0) is 51.6 Å². The van der Waals surface area contributed by atoms with E-state index >= 15 is 0 Å². The van der Waals surface area contributed by atoms with Gasteiger partial charge in [-0.2, -0.15) is 0 Å². The molecule has 2 aliphatic rings. The van der Waals surface area contributed by atoms with Crippen LogP contribution in [0.2, 0.25) is 0 Å². The zero-order chi connectivity index (χ0) is 15.2. The van der Waals surface area contributed by atoms with Crippen LogP contribution in [-0.4, -0.2) is 42.4 Å². The van der Waals surface area contributed by atoms with E-state index in [0.29, 0.717) is 5.92 Å². The summed E-state index contributed by atoms with van der Waals surface area (Å²) in [5.41, 5.74) is 5.34. The third-order valence-electron chi connectivity index (χ3n) is 5.15. The average Bonchev–Trinajstić information content (AvgIpc) is 2.53. The lowest BCUT2D eigenvalue weighted by Gasteiger charge is -2.35. The summed E-state index contributed by atoms with van der Waals surface area (Å²) in [4.78, 5) is 25.5. The highest BCUT2D eigenvalue weighted by Gasteiger charge is 2.26. The zero-order valence-electron chi connectivity index (χ0n) is 13.1. The first kappa shape index (κ1) is 16.3. The Morgan fingerprint density at radius 2 is 1.76 bits per heavy atom. The van der Waals surface area contributed by atoms with Crippen molar-refractivity contribution in [3.63, 3.8) is 0 Å². The Morgan fingerprint density at radius 1 is 1.14 bits per heavy atom. The fraction of sp³-hybridized carbons (Fsp3) is 0.875. The number of amides is 2. The summed E-state index contributed by atoms with van der Waals surface area (Å²) in [7, 11) is 0. The fourth-order valence-corrected chi connectivity index (χ4v) is 3.48. The number of hydrogen-bond donors (Lipinski definition) is 2. The van der Waals surface area contributed by atoms with E-state index in [1.165, 1.54) is 19.3 Å². The molecule has 2 rings (SSSR count). The molecule has 1 atom stereocenters. The molecule has 2 amide bonds. The maximum atomic E-state index is 12.1. The number of piperidine rings is 1. The second kappa shape index (κ2) is 7.78. The van der Waals surface area contributed by atoms with E-state index in [9.17, 15) is 9.59 Å². The number of likely N-dealkylation sites (tertiary alicyclic amines) is 1. The summed E-state index contributed by atoms with van der Waals surface area (Å²) in [6, 6.07) is -0.178. The molecule has 1 aliphatic heterocycles. The Morgan fingerprint density at radius 3 is 2.33 bits per heavy atom. The lowest BCUT2D eigenvalue weighted by Crippen LogP contribution is -2.48. The molecule has 2 fully saturated rings. The number of hydrogen-bond acceptors (Lipinski definition) is 3. The molecule has 1 aliphatic carbocycles. The Balaban J connectivity index is 1.66. The summed E-state index contributed by atoms with van der Waals surface area (Å²) >= 11 is 0. The van der Waals surface area contributed by atoms with Crippen LogP contribution in [0.1, 0.15) is 51.9 Å². The monoisotopic (exact) mass is 295 g/mol. The van der Waals surface area contributed by atoms with Crippen molar-refractivity contribution in [3.05, 3.63) is 0 Å². The topological polar surface area (TPSA) is 75.4 Å². The average molecular weight is 295 g/mol. The molecule has 1 unspecified atom stereocenters. The maximum absolute atomic E-state index is 12.1. The molecule has 1 saturated heterocycles. The minimum Gasteiger partial charge on any atom is -0.368 e. The minimum absolute atomic E-state index is 0.178. The summed E-state index contributed by atoms with van der Waals surface area (Å²) in [6.07, 6.45) is 7.84. The normalized spacial score (nSPS) is 23.7. The van der Waals surface area contributed by atoms with Crippen LogP contribution in [0.3, 0.4) is 0 Å². The fourth-order valence-electron chi connectivity index (χ4n) is 3.48. The zero-order valence-corrected chi connectivity index (χ0v) is 13.1. The van der Waals surface area contributed by atoms with Crippen LogP contribution >= 0.6 is 0 Å². The standard InChI is InChI=1S/C16H29N3O2/c1-12(15(17)20)19-9-7-13(8-10-19)11-18-16(21)14-5-3-2-4-6-14/h12-14H,2-11H2,1H3,(H2,17,20)(H,18,21). The van der Waals surface area contributed by atoms with Crippen LogP contribution in [0.15, 0.2) is 0 Å². The molecule has 5 nitrogen and oxygen atoms in total. The molecule has 3 N–H and O–H groups in total. The highest BCUT2D eigenvalue weighted by Crippen LogP contribution is 2.24. The van der Waals surface area contributed by atoms with E-state index in [2.05, 4.69) is 10.2 Å². The highest BCUT2D eigenvalue weighted by atomic mass is 16.2. The van der Waals surface area contributed by atoms with Crippen LogP contribution in [0.5, 0.6) is 0 Å². The molecule has 0 bridgehead atoms. The maximum Gasteiger partial charge on any atom is 0.234 e. The smallest absolute Gasteiger partial charge is 0.234 e. The number of nitrogens with one attached hydrogen (secondary N) is 1. The van der Waals surface area contributed by atoms with Gasteiger partial charge in [-0.3, -0.25) is 14.5 Å². The lowest BCUT2D eigenvalue weighted by atomic mass is 9.88. The van der Waals surface area contributed by atoms with Gasteiger partial charge in [0.15, 0.2) is 0 Å². The third-order valence-corrected chi connectivity index (χ3v) is 5.15. The van der Waals surface area contributed by atoms with Crippen molar-refractivity contribution in [3.8, 4) is 0 Å². The van der Waals surface area contributed by atoms with Gasteiger partial charge in [0.2, 0.25) is 11.8 Å². The van der Waals surface area contributed by atoms with Crippen molar-refractivity contribution in [2.45, 2.75) is 57.9 Å². The quantitative estimate of drug-likeness (QED) is 0.802. The van der Waals surface area contributed by atoms with Gasteiger partial charge in [0.1, 0.15) is 0 Å². The van der Waals surface area contributed by atoms with E-state index < -0.39 is 0 Å². The van der Waals surface area contributed by atoms with Crippen molar-refractivity contribution < 1.29 is 9.59 Å². The number of nitrogens with zero attached hydrogens (tertiary/aromatic N) is 1. The molecule has 0 aromatic heterocycles. The van der Waals surface area contributed by atoms with Gasteiger partial charge in [-0.15, -0.1) is 0 Å². The van der Waals surface area contributed by atoms with Crippen molar-refractivity contribution in [1.82, 2.24) is 10.2 Å². The Bertz CT molecular complexity index is 359. The predicted octanol–water partition coefficient (Wildman–Crippen LogP) is 1.27. The number of primary amides is 1. The number of nitrogens with two attached hydrogens (primary N) is 1. The van der Waals surface area contributed by atoms with Gasteiger partial charge in [0.05, 0.1) is 6.04 Å². The Hall–Kier alpha value is -1.10. The first-order valence-corrected chi connectivity index (χ1v) is 8.39. The molecule has 1 heterocycles. The van der Waals surface area contributed by atoms with Gasteiger partial charge in [0, 0.05) is 12.5 Å². The van der Waals surface area contributed by atoms with Crippen molar-refractivity contribution in [2.24, 2.45) is 17.6 Å². The van der Waals surface area contributed by atoms with Crippen molar-refractivity contribution in [1.29, 1.82) is 0 Å². The predicted molar refractivity (Wildman–Crippen MR) is 82.5 cm³/mol. The summed E-state index contributed by atoms with van der Waals surface area (Å²) in [5.74, 6) is 0.782. The third kappa shape index (κ3) is 4.70. The molecular weight excluding hydrogens is 266 g/mol. The van der Waals surface area contributed by atoms with Gasteiger partial charge >= 0.3 is 0 Å².